The van der Waals surface area contributed by atoms with Gasteiger partial charge in [-0.1, -0.05) is 13.8 Å². The summed E-state index contributed by atoms with van der Waals surface area (Å²) >= 11 is 0. The molecular formula is C12H12N4O2. The number of imide groups is 1. The molecule has 0 bridgehead atoms. The number of aromatic amines is 1. The quantitative estimate of drug-likeness (QED) is 0.805. The predicted molar refractivity (Wildman–Crippen MR) is 64.1 cm³/mol. The van der Waals surface area contributed by atoms with Crippen LogP contribution in [0.25, 0.3) is 11.0 Å². The lowest BCUT2D eigenvalue weighted by Gasteiger charge is -2.15. The van der Waals surface area contributed by atoms with Crippen molar-refractivity contribution >= 4 is 22.8 Å². The molecule has 0 aromatic carbocycles. The van der Waals surface area contributed by atoms with Crippen LogP contribution in [0, 0.1) is 5.92 Å². The van der Waals surface area contributed by atoms with Crippen LogP contribution in [-0.4, -0.2) is 38.4 Å². The van der Waals surface area contributed by atoms with Gasteiger partial charge in [0, 0.05) is 12.7 Å². The maximum atomic E-state index is 12.3. The molecule has 0 unspecified atom stereocenters. The van der Waals surface area contributed by atoms with Crippen LogP contribution in [0.3, 0.4) is 0 Å². The lowest BCUT2D eigenvalue weighted by atomic mass is 10.1. The van der Waals surface area contributed by atoms with E-state index in [-0.39, 0.29) is 17.7 Å². The van der Waals surface area contributed by atoms with Gasteiger partial charge in [0.1, 0.15) is 0 Å². The second-order valence-corrected chi connectivity index (χ2v) is 4.79. The smallest absolute Gasteiger partial charge is 0.263 e. The normalized spacial score (nSPS) is 14.9. The molecular weight excluding hydrogens is 232 g/mol. The summed E-state index contributed by atoms with van der Waals surface area (Å²) in [5.74, 6) is -0.281. The summed E-state index contributed by atoms with van der Waals surface area (Å²) in [6.07, 6.45) is 2.97. The number of carbonyl (C=O) groups is 2. The molecule has 1 N–H and O–H groups in total. The van der Waals surface area contributed by atoms with Crippen molar-refractivity contribution in [3.8, 4) is 0 Å². The van der Waals surface area contributed by atoms with Gasteiger partial charge in [-0.05, 0) is 5.92 Å². The van der Waals surface area contributed by atoms with Gasteiger partial charge in [0.15, 0.2) is 5.65 Å². The van der Waals surface area contributed by atoms with E-state index in [1.54, 1.807) is 0 Å². The first-order valence-corrected chi connectivity index (χ1v) is 5.78. The lowest BCUT2D eigenvalue weighted by molar-refractivity contribution is 0.0637. The van der Waals surface area contributed by atoms with E-state index in [9.17, 15) is 9.59 Å². The van der Waals surface area contributed by atoms with E-state index in [1.165, 1.54) is 17.3 Å². The standard InChI is InChI=1S/C12H12N4O2/c1-6(2)5-16-11(17)8-3-13-10-7(4-14-15-10)9(8)12(16)18/h3-4,6H,5H2,1-2H3,(H,13,14,15). The number of amides is 2. The topological polar surface area (TPSA) is 79.0 Å². The number of carbonyl (C=O) groups excluding carboxylic acids is 2. The van der Waals surface area contributed by atoms with Gasteiger partial charge in [-0.2, -0.15) is 5.10 Å². The molecule has 0 atom stereocenters. The molecule has 0 aliphatic carbocycles. The highest BCUT2D eigenvalue weighted by molar-refractivity contribution is 6.25. The van der Waals surface area contributed by atoms with Gasteiger partial charge in [-0.3, -0.25) is 19.6 Å². The van der Waals surface area contributed by atoms with E-state index in [0.717, 1.165) is 0 Å². The lowest BCUT2D eigenvalue weighted by Crippen LogP contribution is -2.33. The largest absolute Gasteiger partial charge is 0.274 e. The molecule has 6 heteroatoms. The SMILES string of the molecule is CC(C)CN1C(=O)c2cnc3[nH]ncc3c2C1=O. The second-order valence-electron chi connectivity index (χ2n) is 4.79. The number of nitrogens with zero attached hydrogens (tertiary/aromatic N) is 3. The van der Waals surface area contributed by atoms with Crippen LogP contribution in [0.1, 0.15) is 34.6 Å². The van der Waals surface area contributed by atoms with Crippen molar-refractivity contribution in [1.29, 1.82) is 0 Å². The van der Waals surface area contributed by atoms with Crippen LogP contribution in [0.2, 0.25) is 0 Å². The average Bonchev–Trinajstić information content (AvgIpc) is 2.87. The van der Waals surface area contributed by atoms with Crippen LogP contribution in [0.5, 0.6) is 0 Å². The third kappa shape index (κ3) is 1.35. The number of fused-ring (bicyclic) bond motifs is 3. The Balaban J connectivity index is 2.17. The molecule has 1 aliphatic rings. The van der Waals surface area contributed by atoms with Gasteiger partial charge >= 0.3 is 0 Å². The van der Waals surface area contributed by atoms with Crippen molar-refractivity contribution in [2.24, 2.45) is 5.92 Å². The third-order valence-electron chi connectivity index (χ3n) is 2.96. The number of aromatic nitrogens is 3. The van der Waals surface area contributed by atoms with Crippen molar-refractivity contribution < 1.29 is 9.59 Å². The highest BCUT2D eigenvalue weighted by Gasteiger charge is 2.37. The molecule has 2 amide bonds. The summed E-state index contributed by atoms with van der Waals surface area (Å²) in [6.45, 7) is 4.36. The van der Waals surface area contributed by atoms with Gasteiger partial charge in [-0.25, -0.2) is 4.98 Å². The molecule has 2 aromatic rings. The molecule has 6 nitrogen and oxygen atoms in total. The zero-order chi connectivity index (χ0) is 12.9. The number of hydrogen-bond donors (Lipinski definition) is 1. The van der Waals surface area contributed by atoms with Gasteiger partial charge in [0.25, 0.3) is 11.8 Å². The molecule has 2 aromatic heterocycles. The van der Waals surface area contributed by atoms with Crippen molar-refractivity contribution in [3.63, 3.8) is 0 Å². The van der Waals surface area contributed by atoms with Crippen LogP contribution < -0.4 is 0 Å². The Morgan fingerprint density at radius 1 is 1.28 bits per heavy atom. The fourth-order valence-electron chi connectivity index (χ4n) is 2.20. The van der Waals surface area contributed by atoms with Crippen LogP contribution in [0.4, 0.5) is 0 Å². The average molecular weight is 244 g/mol. The number of rotatable bonds is 2. The minimum atomic E-state index is -0.265. The van der Waals surface area contributed by atoms with E-state index in [1.807, 2.05) is 13.8 Å². The van der Waals surface area contributed by atoms with E-state index in [0.29, 0.717) is 28.7 Å². The number of H-pyrrole nitrogens is 1. The number of hydrogen-bond acceptors (Lipinski definition) is 4. The van der Waals surface area contributed by atoms with Gasteiger partial charge in [-0.15, -0.1) is 0 Å². The minimum absolute atomic E-state index is 0.236. The van der Waals surface area contributed by atoms with Crippen LogP contribution in [-0.2, 0) is 0 Å². The third-order valence-corrected chi connectivity index (χ3v) is 2.96. The molecule has 0 fully saturated rings. The molecule has 92 valence electrons. The first-order chi connectivity index (χ1) is 8.59. The maximum Gasteiger partial charge on any atom is 0.263 e. The first-order valence-electron chi connectivity index (χ1n) is 5.78. The molecule has 0 radical (unpaired) electrons. The Bertz CT molecular complexity index is 659. The molecule has 0 spiro atoms. The predicted octanol–water partition coefficient (Wildman–Crippen LogP) is 1.21. The summed E-state index contributed by atoms with van der Waals surface area (Å²) < 4.78 is 0. The Hall–Kier alpha value is -2.24. The molecule has 0 saturated carbocycles. The molecule has 3 heterocycles. The highest BCUT2D eigenvalue weighted by atomic mass is 16.2. The number of pyridine rings is 1. The fourth-order valence-corrected chi connectivity index (χ4v) is 2.20. The zero-order valence-corrected chi connectivity index (χ0v) is 10.1. The summed E-state index contributed by atoms with van der Waals surface area (Å²) in [6, 6.07) is 0. The minimum Gasteiger partial charge on any atom is -0.274 e. The maximum absolute atomic E-state index is 12.3. The summed E-state index contributed by atoms with van der Waals surface area (Å²) in [7, 11) is 0. The zero-order valence-electron chi connectivity index (χ0n) is 10.1. The van der Waals surface area contributed by atoms with E-state index < -0.39 is 0 Å². The molecule has 1 aliphatic heterocycles. The second kappa shape index (κ2) is 3.63. The molecule has 3 rings (SSSR count). The molecule has 18 heavy (non-hydrogen) atoms. The summed E-state index contributed by atoms with van der Waals surface area (Å²) in [5.41, 5.74) is 1.32. The van der Waals surface area contributed by atoms with E-state index in [4.69, 9.17) is 0 Å². The van der Waals surface area contributed by atoms with Crippen molar-refractivity contribution in [1.82, 2.24) is 20.1 Å². The Labute approximate surface area is 103 Å². The van der Waals surface area contributed by atoms with Crippen molar-refractivity contribution in [2.45, 2.75) is 13.8 Å². The van der Waals surface area contributed by atoms with Gasteiger partial charge in [0.05, 0.1) is 22.7 Å². The van der Waals surface area contributed by atoms with Crippen molar-refractivity contribution in [3.05, 3.63) is 23.5 Å². The van der Waals surface area contributed by atoms with Crippen LogP contribution in [0.15, 0.2) is 12.4 Å². The van der Waals surface area contributed by atoms with E-state index >= 15 is 0 Å². The Kier molecular flexibility index (Phi) is 2.19. The fraction of sp³-hybridized carbons (Fsp3) is 0.333. The number of nitrogens with one attached hydrogen (secondary N) is 1. The van der Waals surface area contributed by atoms with Gasteiger partial charge < -0.3 is 0 Å². The van der Waals surface area contributed by atoms with E-state index in [2.05, 4.69) is 15.2 Å². The van der Waals surface area contributed by atoms with Crippen LogP contribution >= 0.6 is 0 Å². The highest BCUT2D eigenvalue weighted by Crippen LogP contribution is 2.28. The summed E-state index contributed by atoms with van der Waals surface area (Å²) in [5, 5.41) is 7.16. The Morgan fingerprint density at radius 2 is 2.06 bits per heavy atom. The van der Waals surface area contributed by atoms with Gasteiger partial charge in [0.2, 0.25) is 0 Å². The Morgan fingerprint density at radius 3 is 2.78 bits per heavy atom. The van der Waals surface area contributed by atoms with Crippen molar-refractivity contribution in [2.75, 3.05) is 6.54 Å². The summed E-state index contributed by atoms with van der Waals surface area (Å²) in [4.78, 5) is 29.8. The first kappa shape index (κ1) is 10.9. The molecule has 0 saturated heterocycles. The monoisotopic (exact) mass is 244 g/mol.